The van der Waals surface area contributed by atoms with Crippen LogP contribution >= 0.6 is 0 Å². The number of carboxylic acids is 1. The Bertz CT molecular complexity index is 1570. The van der Waals surface area contributed by atoms with E-state index in [2.05, 4.69) is 19.2 Å². The van der Waals surface area contributed by atoms with Gasteiger partial charge in [-0.25, -0.2) is 4.79 Å². The molecule has 0 aromatic heterocycles. The third-order valence-corrected chi connectivity index (χ3v) is 16.3. The van der Waals surface area contributed by atoms with Crippen molar-refractivity contribution >= 4 is 11.9 Å². The Morgan fingerprint density at radius 2 is 1.08 bits per heavy atom. The van der Waals surface area contributed by atoms with E-state index in [1.54, 1.807) is 0 Å². The van der Waals surface area contributed by atoms with Crippen molar-refractivity contribution in [2.24, 2.45) is 5.92 Å². The zero-order valence-corrected chi connectivity index (χ0v) is 48.2. The molecule has 18 atom stereocenters. The lowest BCUT2D eigenvalue weighted by Gasteiger charge is -2.50. The Balaban J connectivity index is 1.63. The van der Waals surface area contributed by atoms with E-state index in [9.17, 15) is 70.9 Å². The van der Waals surface area contributed by atoms with Gasteiger partial charge < -0.3 is 95.0 Å². The molecule has 3 heterocycles. The van der Waals surface area contributed by atoms with Crippen molar-refractivity contribution in [3.05, 3.63) is 0 Å². The summed E-state index contributed by atoms with van der Waals surface area (Å²) in [6.07, 6.45) is 4.84. The monoisotopic (exact) mass is 1140 g/mol. The summed E-state index contributed by atoms with van der Waals surface area (Å²) in [5.74, 6) is -5.84. The number of ether oxygens (including phenoxy) is 6. The number of aliphatic hydroxyl groups is 11. The average molecular weight is 1140 g/mol. The van der Waals surface area contributed by atoms with Crippen molar-refractivity contribution in [1.82, 2.24) is 5.32 Å². The molecule has 3 aliphatic heterocycles. The normalized spacial score (nSPS) is 30.9. The van der Waals surface area contributed by atoms with Crippen LogP contribution in [0.3, 0.4) is 0 Å². The minimum atomic E-state index is -2.80. The van der Waals surface area contributed by atoms with E-state index in [1.807, 2.05) is 0 Å². The van der Waals surface area contributed by atoms with E-state index in [1.165, 1.54) is 116 Å². The molecule has 5 unspecified atom stereocenters. The van der Waals surface area contributed by atoms with Crippen LogP contribution in [0.15, 0.2) is 0 Å². The SMILES string of the molecule is CCCCCCCCCCCCCCCCCC(=O)N[C@@H](CO[C@H]1O[C@H](CO)[C@@H](O[C@@H]2OC(CO)[C@H](O)[C@H](O[C@]3(C(=O)O)CC(O)[C@H](C)[C@H]([C@H](O)CCO)O3)C2O)C(O)C1O)[C@H](O)[C@H](O)CCCCCCCCCCCCCC. The highest BCUT2D eigenvalue weighted by atomic mass is 16.8. The fourth-order valence-corrected chi connectivity index (χ4v) is 11.1. The van der Waals surface area contributed by atoms with Crippen LogP contribution in [0.5, 0.6) is 0 Å². The van der Waals surface area contributed by atoms with Gasteiger partial charge in [0.1, 0.15) is 54.9 Å². The molecule has 3 fully saturated rings. The Labute approximate surface area is 471 Å². The maximum Gasteiger partial charge on any atom is 0.364 e. The Hall–Kier alpha value is -1.74. The molecule has 21 nitrogen and oxygen atoms in total. The van der Waals surface area contributed by atoms with Gasteiger partial charge in [-0.05, 0) is 19.3 Å². The number of hydrogen-bond donors (Lipinski definition) is 13. The lowest BCUT2D eigenvalue weighted by atomic mass is 9.85. The molecule has 13 N–H and O–H groups in total. The number of unbranched alkanes of at least 4 members (excludes halogenated alkanes) is 25. The van der Waals surface area contributed by atoms with Crippen molar-refractivity contribution in [3.63, 3.8) is 0 Å². The Morgan fingerprint density at radius 3 is 1.56 bits per heavy atom. The van der Waals surface area contributed by atoms with E-state index in [0.717, 1.165) is 51.4 Å². The summed E-state index contributed by atoms with van der Waals surface area (Å²) in [5, 5.41) is 133. The Morgan fingerprint density at radius 1 is 0.595 bits per heavy atom. The first-order chi connectivity index (χ1) is 38.0. The largest absolute Gasteiger partial charge is 0.477 e. The molecule has 21 heteroatoms. The van der Waals surface area contributed by atoms with Crippen molar-refractivity contribution in [3.8, 4) is 0 Å². The van der Waals surface area contributed by atoms with E-state index < -0.39 is 148 Å². The molecule has 0 spiro atoms. The number of carboxylic acid groups (broad SMARTS) is 1. The van der Waals surface area contributed by atoms with Crippen LogP contribution in [0.25, 0.3) is 0 Å². The highest BCUT2D eigenvalue weighted by Gasteiger charge is 2.59. The number of aliphatic hydroxyl groups excluding tert-OH is 11. The van der Waals surface area contributed by atoms with E-state index in [4.69, 9.17) is 28.4 Å². The van der Waals surface area contributed by atoms with Crippen molar-refractivity contribution < 1.29 is 99.3 Å². The van der Waals surface area contributed by atoms with Crippen LogP contribution < -0.4 is 5.32 Å². The summed E-state index contributed by atoms with van der Waals surface area (Å²) < 4.78 is 34.8. The highest BCUT2D eigenvalue weighted by molar-refractivity contribution is 5.76. The number of hydrogen-bond acceptors (Lipinski definition) is 19. The number of amides is 1. The van der Waals surface area contributed by atoms with Gasteiger partial charge in [-0.1, -0.05) is 188 Å². The predicted molar refractivity (Wildman–Crippen MR) is 293 cm³/mol. The van der Waals surface area contributed by atoms with Gasteiger partial charge in [0, 0.05) is 25.4 Å². The first kappa shape index (κ1) is 71.5. The predicted octanol–water partition coefficient (Wildman–Crippen LogP) is 4.52. The molecule has 0 aliphatic carbocycles. The molecule has 79 heavy (non-hydrogen) atoms. The minimum Gasteiger partial charge on any atom is -0.477 e. The van der Waals surface area contributed by atoms with Gasteiger partial charge in [-0.2, -0.15) is 0 Å². The quantitative estimate of drug-likeness (QED) is 0.0373. The van der Waals surface area contributed by atoms with Gasteiger partial charge in [0.15, 0.2) is 12.6 Å². The molecule has 1 amide bonds. The number of aliphatic carboxylic acids is 1. The average Bonchev–Trinajstić information content (AvgIpc) is 3.57. The molecular formula is C58H109NO20. The van der Waals surface area contributed by atoms with Gasteiger partial charge in [-0.3, -0.25) is 4.79 Å². The maximum absolute atomic E-state index is 13.4. The van der Waals surface area contributed by atoms with Crippen LogP contribution in [0.4, 0.5) is 0 Å². The molecule has 3 saturated heterocycles. The summed E-state index contributed by atoms with van der Waals surface area (Å²) in [4.78, 5) is 26.2. The number of nitrogens with one attached hydrogen (secondary N) is 1. The summed E-state index contributed by atoms with van der Waals surface area (Å²) in [7, 11) is 0. The summed E-state index contributed by atoms with van der Waals surface area (Å²) in [6, 6.07) is -1.19. The standard InChI is InChI=1S/C58H109NO20/c1-4-6-8-10-12-14-16-18-19-20-22-24-26-28-30-32-46(66)59-40(47(67)41(63)31-29-27-25-23-21-17-15-13-11-9-7-5-2)38-74-55-50(70)49(69)53(45(37-62)76-55)77-56-51(71)54(48(68)44(36-61)75-56)79-58(57(72)73)35-43(65)39(3)52(78-58)42(64)33-34-60/h39-45,47-56,60-65,67-71H,4-38H2,1-3H3,(H,59,66)(H,72,73)/t39-,40-,41+,42+,43?,44?,45+,47-,48-,49?,50?,51?,52+,53+,54-,55-,56-,58-/m0/s1. The van der Waals surface area contributed by atoms with Gasteiger partial charge in [0.25, 0.3) is 5.79 Å². The maximum atomic E-state index is 13.4. The topological polar surface area (TPSA) is 344 Å². The van der Waals surface area contributed by atoms with Crippen LogP contribution in [0.1, 0.15) is 220 Å². The molecule has 3 aliphatic rings. The lowest BCUT2D eigenvalue weighted by molar-refractivity contribution is -0.387. The zero-order valence-electron chi connectivity index (χ0n) is 48.2. The van der Waals surface area contributed by atoms with Crippen molar-refractivity contribution in [2.45, 2.75) is 324 Å². The smallest absolute Gasteiger partial charge is 0.364 e. The third-order valence-electron chi connectivity index (χ3n) is 16.3. The molecule has 0 saturated carbocycles. The van der Waals surface area contributed by atoms with Crippen molar-refractivity contribution in [1.29, 1.82) is 0 Å². The van der Waals surface area contributed by atoms with Crippen LogP contribution in [-0.2, 0) is 38.0 Å². The first-order valence-corrected chi connectivity index (χ1v) is 30.7. The fraction of sp³-hybridized carbons (Fsp3) is 0.966. The van der Waals surface area contributed by atoms with Gasteiger partial charge in [0.05, 0.1) is 50.3 Å². The van der Waals surface area contributed by atoms with Crippen molar-refractivity contribution in [2.75, 3.05) is 26.4 Å². The van der Waals surface area contributed by atoms with Crippen LogP contribution in [-0.4, -0.2) is 203 Å². The van der Waals surface area contributed by atoms with Gasteiger partial charge in [-0.15, -0.1) is 0 Å². The molecule has 0 radical (unpaired) electrons. The number of carbonyl (C=O) groups excluding carboxylic acids is 1. The number of rotatable bonds is 45. The molecule has 466 valence electrons. The second-order valence-corrected chi connectivity index (χ2v) is 22.9. The minimum absolute atomic E-state index is 0.165. The molecule has 0 aromatic carbocycles. The number of carbonyl (C=O) groups is 2. The zero-order chi connectivity index (χ0) is 58.2. The van der Waals surface area contributed by atoms with E-state index in [-0.39, 0.29) is 25.2 Å². The summed E-state index contributed by atoms with van der Waals surface area (Å²) in [6.45, 7) is 3.11. The summed E-state index contributed by atoms with van der Waals surface area (Å²) in [5.41, 5.74) is 0. The fourth-order valence-electron chi connectivity index (χ4n) is 11.1. The second kappa shape index (κ2) is 40.5. The highest BCUT2D eigenvalue weighted by Crippen LogP contribution is 2.40. The summed E-state index contributed by atoms with van der Waals surface area (Å²) >= 11 is 0. The van der Waals surface area contributed by atoms with Crippen LogP contribution in [0.2, 0.25) is 0 Å². The van der Waals surface area contributed by atoms with Gasteiger partial charge in [0.2, 0.25) is 5.91 Å². The molecule has 0 bridgehead atoms. The molecule has 3 rings (SSSR count). The first-order valence-electron chi connectivity index (χ1n) is 30.7. The Kier molecular flexibility index (Phi) is 36.7. The second-order valence-electron chi connectivity index (χ2n) is 22.9. The molecular weight excluding hydrogens is 1030 g/mol. The van der Waals surface area contributed by atoms with E-state index in [0.29, 0.717) is 12.8 Å². The third kappa shape index (κ3) is 24.8. The lowest BCUT2D eigenvalue weighted by Crippen LogP contribution is -2.68. The van der Waals surface area contributed by atoms with Crippen LogP contribution in [0, 0.1) is 5.92 Å². The van der Waals surface area contributed by atoms with Gasteiger partial charge >= 0.3 is 5.97 Å². The van der Waals surface area contributed by atoms with E-state index >= 15 is 0 Å². The molecule has 0 aromatic rings.